The van der Waals surface area contributed by atoms with Crippen LogP contribution in [0.3, 0.4) is 0 Å². The molecule has 0 bridgehead atoms. The summed E-state index contributed by atoms with van der Waals surface area (Å²) in [4.78, 5) is 21.9. The number of thioether (sulfide) groups is 1. The van der Waals surface area contributed by atoms with Crippen molar-refractivity contribution in [1.82, 2.24) is 26.5 Å². The minimum absolute atomic E-state index is 0.0850. The number of nitriles is 1. The molecule has 5 fully saturated rings. The Morgan fingerprint density at radius 1 is 1.02 bits per heavy atom. The second-order valence-electron chi connectivity index (χ2n) is 16.4. The number of rotatable bonds is 7. The molecule has 10 nitrogen and oxygen atoms in total. The molecule has 54 heavy (non-hydrogen) atoms. The second kappa shape index (κ2) is 16.5. The van der Waals surface area contributed by atoms with Crippen LogP contribution in [0.1, 0.15) is 96.6 Å². The predicted octanol–water partition coefficient (Wildman–Crippen LogP) is 2.96. The number of quaternary nitrogens is 1. The van der Waals surface area contributed by atoms with Gasteiger partial charge in [-0.2, -0.15) is 5.26 Å². The molecule has 2 aromatic rings. The van der Waals surface area contributed by atoms with Gasteiger partial charge in [0.15, 0.2) is 0 Å². The summed E-state index contributed by atoms with van der Waals surface area (Å²) in [6.07, 6.45) is 9.79. The van der Waals surface area contributed by atoms with E-state index in [0.717, 1.165) is 56.2 Å². The van der Waals surface area contributed by atoms with Crippen molar-refractivity contribution in [1.29, 1.82) is 5.26 Å². The third-order valence-electron chi connectivity index (χ3n) is 12.9. The number of nitrogens with one attached hydrogen (secondary N) is 4. The molecule has 5 aliphatic heterocycles. The monoisotopic (exact) mass is 886 g/mol. The molecule has 4 saturated heterocycles. The first kappa shape index (κ1) is 38.9. The maximum atomic E-state index is 13.8. The van der Waals surface area contributed by atoms with E-state index in [2.05, 4.69) is 96.3 Å². The first-order valence-corrected chi connectivity index (χ1v) is 23.8. The molecule has 1 spiro atoms. The number of hydrogen-bond donors (Lipinski definition) is 4. The van der Waals surface area contributed by atoms with Crippen LogP contribution in [0.2, 0.25) is 5.02 Å². The topological polar surface area (TPSA) is 114 Å². The molecule has 8 rings (SSSR count). The van der Waals surface area contributed by atoms with Gasteiger partial charge < -0.3 is 0 Å². The van der Waals surface area contributed by atoms with Crippen LogP contribution in [0, 0.1) is 26.7 Å². The van der Waals surface area contributed by atoms with Gasteiger partial charge in [0, 0.05) is 6.07 Å². The third-order valence-corrected chi connectivity index (χ3v) is 18.8. The van der Waals surface area contributed by atoms with Gasteiger partial charge in [-0.25, -0.2) is 0 Å². The fourth-order valence-electron chi connectivity index (χ4n) is 9.76. The number of hydrazine groups is 1. The van der Waals surface area contributed by atoms with Crippen LogP contribution < -0.4 is 47.5 Å². The van der Waals surface area contributed by atoms with E-state index in [1.54, 1.807) is 12.1 Å². The first-order valence-electron chi connectivity index (χ1n) is 20.2. The molecular formula is C41H56ClIN8O2S. The number of piperidine rings is 1. The summed E-state index contributed by atoms with van der Waals surface area (Å²) in [5.74, 6) is 1.80. The molecule has 1 aliphatic carbocycles. The molecule has 9 atom stereocenters. The number of hydrogen-bond acceptors (Lipinski definition) is 9. The fourth-order valence-corrected chi connectivity index (χ4v) is 15.4. The Morgan fingerprint density at radius 3 is 2.50 bits per heavy atom. The molecule has 13 heteroatoms. The van der Waals surface area contributed by atoms with E-state index in [1.165, 1.54) is 34.1 Å². The number of halogens is 2. The summed E-state index contributed by atoms with van der Waals surface area (Å²) < 4.78 is 9.14. The van der Waals surface area contributed by atoms with Crippen LogP contribution in [0.4, 0.5) is 0 Å². The van der Waals surface area contributed by atoms with E-state index in [4.69, 9.17) is 26.6 Å². The SMILES string of the molecule is CC1SC2C(C(c3ccc([I-]C4CCC(C(=O)NC5CCC(Oc6ccc(C#N)c(Cl)c6)CC5)N[N+]45CCCCC5)cc3)=N[C@@H](C)C3NNC(C)N23)C1C. The molecule has 1 amide bonds. The maximum absolute atomic E-state index is 13.8. The second-order valence-corrected chi connectivity index (χ2v) is 21.6. The quantitative estimate of drug-likeness (QED) is 0.146. The summed E-state index contributed by atoms with van der Waals surface area (Å²) in [7, 11) is 0. The summed E-state index contributed by atoms with van der Waals surface area (Å²) in [6, 6.07) is 17.1. The Kier molecular flexibility index (Phi) is 11.9. The average Bonchev–Trinajstić information content (AvgIpc) is 3.66. The van der Waals surface area contributed by atoms with Crippen LogP contribution in [0.25, 0.3) is 0 Å². The molecule has 1 saturated carbocycles. The van der Waals surface area contributed by atoms with Gasteiger partial charge in [-0.3, -0.25) is 0 Å². The molecule has 0 radical (unpaired) electrons. The van der Waals surface area contributed by atoms with Crippen molar-refractivity contribution in [3.63, 3.8) is 0 Å². The Hall–Kier alpha value is -1.96. The summed E-state index contributed by atoms with van der Waals surface area (Å²) in [5.41, 5.74) is 14.0. The van der Waals surface area contributed by atoms with Gasteiger partial charge in [0.05, 0.1) is 10.6 Å². The van der Waals surface area contributed by atoms with Crippen LogP contribution in [-0.2, 0) is 4.79 Å². The number of ether oxygens (including phenoxy) is 1. The molecule has 4 N–H and O–H groups in total. The zero-order chi connectivity index (χ0) is 37.6. The van der Waals surface area contributed by atoms with E-state index in [0.29, 0.717) is 42.8 Å². The van der Waals surface area contributed by atoms with Crippen LogP contribution >= 0.6 is 23.4 Å². The van der Waals surface area contributed by atoms with Gasteiger partial charge >= 0.3 is 291 Å². The number of carbonyl (C=O) groups is 1. The first-order chi connectivity index (χ1) is 26.1. The zero-order valence-corrected chi connectivity index (χ0v) is 35.7. The Balaban J connectivity index is 0.896. The fraction of sp³-hybridized carbons (Fsp3) is 0.634. The van der Waals surface area contributed by atoms with Crippen molar-refractivity contribution >= 4 is 35.0 Å². The molecule has 292 valence electrons. The molecule has 5 heterocycles. The number of fused-ring (bicyclic) bond motifs is 3. The van der Waals surface area contributed by atoms with Crippen LogP contribution in [0.15, 0.2) is 47.5 Å². The van der Waals surface area contributed by atoms with Gasteiger partial charge in [0.25, 0.3) is 0 Å². The normalized spacial score (nSPS) is 36.4. The number of benzene rings is 2. The standard InChI is InChI=1S/C41H56ClIN8O2S/c1-24-26(3)54-41-37(24)38(45-25(2)39-48-47-27(4)50(39)41)28-8-11-30(12-9-28)43-36-19-18-35(49-51(36)20-6-5-7-21-51)40(52)46-31-13-16-32(17-14-31)53-33-15-10-29(23-44)34(42)22-33/h8-12,15,22,24-27,31-32,35-37,39,41,47-49H,5-7,13-14,16-21H2,1-4H3,(H,46,52)/t24?,25-,26?,27?,31?,32?,35?,36?,37?,39?,41?/m0/s1. The number of amides is 1. The Labute approximate surface area is 340 Å². The molecule has 8 unspecified atom stereocenters. The van der Waals surface area contributed by atoms with Gasteiger partial charge in [-0.1, -0.05) is 11.6 Å². The summed E-state index contributed by atoms with van der Waals surface area (Å²) >= 11 is 8.06. The van der Waals surface area contributed by atoms with E-state index in [9.17, 15) is 4.79 Å². The van der Waals surface area contributed by atoms with Gasteiger partial charge in [0.1, 0.15) is 6.07 Å². The number of carbonyl (C=O) groups excluding carboxylic acids is 1. The summed E-state index contributed by atoms with van der Waals surface area (Å²) in [6.45, 7) is 11.6. The Bertz CT molecular complexity index is 1750. The molecular weight excluding hydrogens is 831 g/mol. The number of nitrogens with zero attached hydrogens (tertiary/aromatic N) is 4. The van der Waals surface area contributed by atoms with Crippen molar-refractivity contribution < 1.29 is 35.3 Å². The van der Waals surface area contributed by atoms with E-state index < -0.39 is 0 Å². The van der Waals surface area contributed by atoms with Crippen molar-refractivity contribution in [2.24, 2.45) is 16.8 Å². The number of aliphatic imine (C=N–C) groups is 1. The van der Waals surface area contributed by atoms with Crippen molar-refractivity contribution in [3.8, 4) is 11.8 Å². The predicted molar refractivity (Wildman–Crippen MR) is 211 cm³/mol. The number of alkyl halides is 1. The van der Waals surface area contributed by atoms with Crippen LogP contribution in [-0.4, -0.2) is 85.4 Å². The van der Waals surface area contributed by atoms with Crippen molar-refractivity contribution in [2.45, 2.75) is 137 Å². The molecule has 0 aromatic heterocycles. The Morgan fingerprint density at radius 2 is 1.78 bits per heavy atom. The zero-order valence-electron chi connectivity index (χ0n) is 31.9. The van der Waals surface area contributed by atoms with Crippen molar-refractivity contribution in [3.05, 3.63) is 62.2 Å². The van der Waals surface area contributed by atoms with Crippen LogP contribution in [0.5, 0.6) is 5.75 Å². The third kappa shape index (κ3) is 7.82. The van der Waals surface area contributed by atoms with E-state index in [1.807, 2.05) is 6.07 Å². The summed E-state index contributed by atoms with van der Waals surface area (Å²) in [5, 5.41) is 14.0. The van der Waals surface area contributed by atoms with E-state index >= 15 is 0 Å². The van der Waals surface area contributed by atoms with Gasteiger partial charge in [-0.15, -0.1) is 0 Å². The average molecular weight is 887 g/mol. The van der Waals surface area contributed by atoms with Gasteiger partial charge in [0.2, 0.25) is 0 Å². The molecule has 2 aromatic carbocycles. The van der Waals surface area contributed by atoms with E-state index in [-0.39, 0.29) is 63.7 Å². The van der Waals surface area contributed by atoms with Gasteiger partial charge in [-0.05, 0) is 12.1 Å². The minimum atomic E-state index is -0.277. The molecule has 6 aliphatic rings. The van der Waals surface area contributed by atoms with Crippen molar-refractivity contribution in [2.75, 3.05) is 13.1 Å².